The van der Waals surface area contributed by atoms with Gasteiger partial charge < -0.3 is 15.5 Å². The third kappa shape index (κ3) is 5.77. The number of hydrogen-bond acceptors (Lipinski definition) is 8. The normalized spacial score (nSPS) is 19.0. The van der Waals surface area contributed by atoms with Crippen molar-refractivity contribution in [2.24, 2.45) is 5.92 Å². The molecule has 178 valence electrons. The van der Waals surface area contributed by atoms with Crippen molar-refractivity contribution in [3.05, 3.63) is 39.5 Å². The van der Waals surface area contributed by atoms with Crippen molar-refractivity contribution in [3.63, 3.8) is 0 Å². The van der Waals surface area contributed by atoms with E-state index in [-0.39, 0.29) is 4.90 Å². The number of sulfone groups is 1. The summed E-state index contributed by atoms with van der Waals surface area (Å²) in [7, 11) is 0.725. The second-order valence-electron chi connectivity index (χ2n) is 8.88. The van der Waals surface area contributed by atoms with Gasteiger partial charge in [0.15, 0.2) is 9.84 Å². The minimum Gasteiger partial charge on any atom is -0.362 e. The molecule has 7 nitrogen and oxygen atoms in total. The number of benzene rings is 1. The largest absolute Gasteiger partial charge is 0.362 e. The van der Waals surface area contributed by atoms with Gasteiger partial charge in [-0.05, 0) is 50.3 Å². The fourth-order valence-electron chi connectivity index (χ4n) is 4.28. The van der Waals surface area contributed by atoms with Gasteiger partial charge in [-0.3, -0.25) is 0 Å². The fraction of sp³-hybridized carbons (Fsp3) is 0.478. The Kier molecular flexibility index (Phi) is 7.43. The van der Waals surface area contributed by atoms with Gasteiger partial charge in [-0.25, -0.2) is 13.4 Å². The molecule has 10 heteroatoms. The van der Waals surface area contributed by atoms with Crippen molar-refractivity contribution in [2.45, 2.75) is 43.2 Å². The number of rotatable bonds is 8. The molecule has 2 heterocycles. The number of para-hydroxylation sites is 1. The van der Waals surface area contributed by atoms with Gasteiger partial charge in [-0.15, -0.1) is 11.3 Å². The van der Waals surface area contributed by atoms with Crippen molar-refractivity contribution in [1.29, 1.82) is 0 Å². The van der Waals surface area contributed by atoms with E-state index in [1.807, 2.05) is 37.2 Å². The number of fused-ring (bicyclic) bond motifs is 1. The Morgan fingerprint density at radius 1 is 1.15 bits per heavy atom. The Labute approximate surface area is 204 Å². The highest BCUT2D eigenvalue weighted by atomic mass is 35.5. The molecule has 0 bridgehead atoms. The first-order chi connectivity index (χ1) is 15.7. The fourth-order valence-corrected chi connectivity index (χ4v) is 7.15. The summed E-state index contributed by atoms with van der Waals surface area (Å²) in [5.41, 5.74) is 0.947. The zero-order valence-corrected chi connectivity index (χ0v) is 21.5. The van der Waals surface area contributed by atoms with Crippen LogP contribution < -0.4 is 15.5 Å². The summed E-state index contributed by atoms with van der Waals surface area (Å²) in [6, 6.07) is 8.45. The highest BCUT2D eigenvalue weighted by Gasteiger charge is 2.23. The minimum atomic E-state index is -3.28. The van der Waals surface area contributed by atoms with Crippen LogP contribution in [-0.2, 0) is 16.4 Å². The molecule has 0 radical (unpaired) electrons. The molecular weight excluding hydrogens is 478 g/mol. The standard InChI is InChI=1S/C23H30ClN5O2S2/c1-29(2)22-17-6-4-5-7-18(17)27-23(28-22)26-16-10-8-15(9-11-16)12-25-13-19-21(24)20(14-32-19)33(3,30)31/h4-7,14-16,25H,8-13H2,1-3H3,(H,26,27,28). The third-order valence-corrected chi connectivity index (χ3v) is 8.99. The van der Waals surface area contributed by atoms with Crippen LogP contribution in [0.1, 0.15) is 30.6 Å². The number of halogens is 1. The van der Waals surface area contributed by atoms with E-state index in [0.29, 0.717) is 29.5 Å². The summed E-state index contributed by atoms with van der Waals surface area (Å²) in [6.07, 6.45) is 5.56. The number of anilines is 2. The first kappa shape index (κ1) is 24.2. The monoisotopic (exact) mass is 507 g/mol. The summed E-state index contributed by atoms with van der Waals surface area (Å²) in [5, 5.41) is 10.1. The van der Waals surface area contributed by atoms with E-state index >= 15 is 0 Å². The van der Waals surface area contributed by atoms with Gasteiger partial charge in [-0.2, -0.15) is 4.98 Å². The molecule has 0 saturated heterocycles. The van der Waals surface area contributed by atoms with E-state index in [1.165, 1.54) is 17.6 Å². The first-order valence-electron chi connectivity index (χ1n) is 11.1. The second kappa shape index (κ2) is 10.1. The molecule has 2 aromatic heterocycles. The number of hydrogen-bond donors (Lipinski definition) is 2. The van der Waals surface area contributed by atoms with Crippen LogP contribution in [-0.4, -0.2) is 51.3 Å². The van der Waals surface area contributed by atoms with Crippen LogP contribution in [0.25, 0.3) is 10.9 Å². The Morgan fingerprint density at radius 3 is 2.55 bits per heavy atom. The smallest absolute Gasteiger partial charge is 0.225 e. The van der Waals surface area contributed by atoms with Crippen LogP contribution >= 0.6 is 22.9 Å². The lowest BCUT2D eigenvalue weighted by atomic mass is 9.86. The maximum atomic E-state index is 11.8. The van der Waals surface area contributed by atoms with E-state index in [9.17, 15) is 8.42 Å². The van der Waals surface area contributed by atoms with Gasteiger partial charge in [0.2, 0.25) is 5.95 Å². The lowest BCUT2D eigenvalue weighted by Gasteiger charge is -2.29. The number of thiophene rings is 1. The molecular formula is C23H30ClN5O2S2. The predicted molar refractivity (Wildman–Crippen MR) is 137 cm³/mol. The van der Waals surface area contributed by atoms with Crippen molar-refractivity contribution in [3.8, 4) is 0 Å². The summed E-state index contributed by atoms with van der Waals surface area (Å²) in [4.78, 5) is 12.6. The summed E-state index contributed by atoms with van der Waals surface area (Å²) >= 11 is 7.66. The van der Waals surface area contributed by atoms with Crippen LogP contribution in [0.3, 0.4) is 0 Å². The lowest BCUT2D eigenvalue weighted by Crippen LogP contribution is -2.31. The van der Waals surface area contributed by atoms with Crippen LogP contribution in [0, 0.1) is 5.92 Å². The zero-order chi connectivity index (χ0) is 23.6. The summed E-state index contributed by atoms with van der Waals surface area (Å²) < 4.78 is 23.5. The van der Waals surface area contributed by atoms with Crippen molar-refractivity contribution in [2.75, 3.05) is 37.1 Å². The van der Waals surface area contributed by atoms with E-state index in [0.717, 1.165) is 53.8 Å². The molecule has 0 aliphatic heterocycles. The molecule has 1 aliphatic rings. The number of aromatic nitrogens is 2. The molecule has 0 amide bonds. The average molecular weight is 508 g/mol. The molecule has 1 saturated carbocycles. The lowest BCUT2D eigenvalue weighted by molar-refractivity contribution is 0.324. The highest BCUT2D eigenvalue weighted by molar-refractivity contribution is 7.91. The van der Waals surface area contributed by atoms with E-state index < -0.39 is 9.84 Å². The molecule has 2 N–H and O–H groups in total. The van der Waals surface area contributed by atoms with Gasteiger partial charge >= 0.3 is 0 Å². The Hall–Kier alpha value is -1.94. The minimum absolute atomic E-state index is 0.228. The van der Waals surface area contributed by atoms with Gasteiger partial charge in [0.05, 0.1) is 15.4 Å². The van der Waals surface area contributed by atoms with E-state index in [2.05, 4.69) is 16.7 Å². The van der Waals surface area contributed by atoms with Crippen LogP contribution in [0.15, 0.2) is 34.5 Å². The topological polar surface area (TPSA) is 87.2 Å². The van der Waals surface area contributed by atoms with Crippen molar-refractivity contribution >= 4 is 55.4 Å². The van der Waals surface area contributed by atoms with Crippen LogP contribution in [0.2, 0.25) is 5.02 Å². The SMILES string of the molecule is CN(C)c1nc(NC2CCC(CNCc3scc(S(C)(=O)=O)c3Cl)CC2)nc2ccccc12. The zero-order valence-electron chi connectivity index (χ0n) is 19.1. The Bertz CT molecular complexity index is 1220. The molecule has 3 aromatic rings. The van der Waals surface area contributed by atoms with Gasteiger partial charge in [0.25, 0.3) is 0 Å². The Balaban J connectivity index is 1.29. The molecule has 1 aromatic carbocycles. The first-order valence-corrected chi connectivity index (χ1v) is 14.2. The van der Waals surface area contributed by atoms with Crippen LogP contribution in [0.4, 0.5) is 11.8 Å². The molecule has 4 rings (SSSR count). The molecule has 33 heavy (non-hydrogen) atoms. The number of nitrogens with zero attached hydrogens (tertiary/aromatic N) is 3. The number of nitrogens with one attached hydrogen (secondary N) is 2. The van der Waals surface area contributed by atoms with Crippen LogP contribution in [0.5, 0.6) is 0 Å². The molecule has 0 atom stereocenters. The molecule has 1 fully saturated rings. The Morgan fingerprint density at radius 2 is 1.88 bits per heavy atom. The highest BCUT2D eigenvalue weighted by Crippen LogP contribution is 2.32. The molecule has 1 aliphatic carbocycles. The average Bonchev–Trinajstić information content (AvgIpc) is 3.15. The van der Waals surface area contributed by atoms with Gasteiger partial charge in [-0.1, -0.05) is 23.7 Å². The van der Waals surface area contributed by atoms with E-state index in [4.69, 9.17) is 21.6 Å². The quantitative estimate of drug-likeness (QED) is 0.461. The van der Waals surface area contributed by atoms with Crippen molar-refractivity contribution < 1.29 is 8.42 Å². The van der Waals surface area contributed by atoms with Crippen molar-refractivity contribution in [1.82, 2.24) is 15.3 Å². The maximum Gasteiger partial charge on any atom is 0.225 e. The van der Waals surface area contributed by atoms with Gasteiger partial charge in [0, 0.05) is 48.6 Å². The maximum absolute atomic E-state index is 11.8. The predicted octanol–water partition coefficient (Wildman–Crippen LogP) is 4.57. The van der Waals surface area contributed by atoms with Gasteiger partial charge in [0.1, 0.15) is 5.82 Å². The van der Waals surface area contributed by atoms with E-state index in [1.54, 1.807) is 5.38 Å². The second-order valence-corrected chi connectivity index (χ2v) is 12.2. The summed E-state index contributed by atoms with van der Waals surface area (Å²) in [5.74, 6) is 2.20. The molecule has 0 spiro atoms. The molecule has 0 unspecified atom stereocenters. The third-order valence-electron chi connectivity index (χ3n) is 6.07. The summed E-state index contributed by atoms with van der Waals surface area (Å²) in [6.45, 7) is 1.49.